The van der Waals surface area contributed by atoms with E-state index in [-0.39, 0.29) is 52.0 Å². The Morgan fingerprint density at radius 3 is 1.71 bits per heavy atom. The van der Waals surface area contributed by atoms with Gasteiger partial charge in [0.25, 0.3) is 0 Å². The third-order valence-corrected chi connectivity index (χ3v) is 6.05. The standard InChI is InChI=1S/C32H28O13/c1-16(33)39-23-13-25(40-17(2)34)24-15-29(45-32(38)21-9-7-6-8-10-21)30(44-26(24)14-23)22-11-27(41-18(3)35)31(43-20(5)37)28(12-22)42-19(4)36/h6-14,29-30H,15H2,1-5H3. The third kappa shape index (κ3) is 8.22. The van der Waals surface area contributed by atoms with Crippen molar-refractivity contribution in [2.45, 2.75) is 53.2 Å². The summed E-state index contributed by atoms with van der Waals surface area (Å²) >= 11 is 0. The summed E-state index contributed by atoms with van der Waals surface area (Å²) in [6, 6.07) is 13.5. The van der Waals surface area contributed by atoms with Gasteiger partial charge in [-0.05, 0) is 24.3 Å². The molecule has 0 N–H and O–H groups in total. The topological polar surface area (TPSA) is 167 Å². The summed E-state index contributed by atoms with van der Waals surface area (Å²) in [6.45, 7) is 5.69. The Bertz CT molecular complexity index is 1640. The highest BCUT2D eigenvalue weighted by Gasteiger charge is 2.38. The Balaban J connectivity index is 1.91. The zero-order chi connectivity index (χ0) is 32.8. The van der Waals surface area contributed by atoms with Crippen LogP contribution in [0.3, 0.4) is 0 Å². The molecule has 2 atom stereocenters. The van der Waals surface area contributed by atoms with Crippen molar-refractivity contribution in [1.29, 1.82) is 0 Å². The summed E-state index contributed by atoms with van der Waals surface area (Å²) in [5, 5.41) is 0. The average Bonchev–Trinajstić information content (AvgIpc) is 2.93. The number of rotatable bonds is 8. The van der Waals surface area contributed by atoms with Gasteiger partial charge < -0.3 is 33.2 Å². The zero-order valence-electron chi connectivity index (χ0n) is 24.9. The molecular weight excluding hydrogens is 592 g/mol. The second-order valence-electron chi connectivity index (χ2n) is 9.76. The van der Waals surface area contributed by atoms with Crippen LogP contribution in [0.5, 0.6) is 34.5 Å². The van der Waals surface area contributed by atoms with Gasteiger partial charge in [-0.3, -0.25) is 24.0 Å². The average molecular weight is 621 g/mol. The molecule has 3 aromatic carbocycles. The van der Waals surface area contributed by atoms with Gasteiger partial charge in [-0.1, -0.05) is 18.2 Å². The first-order chi connectivity index (χ1) is 21.3. The summed E-state index contributed by atoms with van der Waals surface area (Å²) in [5.41, 5.74) is 0.723. The summed E-state index contributed by atoms with van der Waals surface area (Å²) in [7, 11) is 0. The van der Waals surface area contributed by atoms with E-state index in [9.17, 15) is 28.8 Å². The van der Waals surface area contributed by atoms with Gasteiger partial charge in [0, 0.05) is 64.3 Å². The Kier molecular flexibility index (Phi) is 9.81. The normalized spacial score (nSPS) is 15.0. The van der Waals surface area contributed by atoms with E-state index in [1.807, 2.05) is 0 Å². The van der Waals surface area contributed by atoms with Crippen molar-refractivity contribution in [3.63, 3.8) is 0 Å². The van der Waals surface area contributed by atoms with E-state index in [0.717, 1.165) is 20.8 Å². The minimum absolute atomic E-state index is 0.00173. The fourth-order valence-corrected chi connectivity index (χ4v) is 4.53. The summed E-state index contributed by atoms with van der Waals surface area (Å²) in [4.78, 5) is 72.8. The predicted octanol–water partition coefficient (Wildman–Crippen LogP) is 4.21. The SMILES string of the molecule is CC(=O)Oc1cc(OC(C)=O)c2c(c1)OC(c1cc(OC(C)=O)c(OC(C)=O)c(OC(C)=O)c1)C(OC(=O)c1ccccc1)C2. The van der Waals surface area contributed by atoms with Crippen LogP contribution in [-0.2, 0) is 35.1 Å². The van der Waals surface area contributed by atoms with Gasteiger partial charge in [0.1, 0.15) is 23.4 Å². The van der Waals surface area contributed by atoms with E-state index in [0.29, 0.717) is 5.56 Å². The molecule has 0 saturated heterocycles. The molecule has 1 aliphatic heterocycles. The lowest BCUT2D eigenvalue weighted by atomic mass is 9.93. The molecule has 2 unspecified atom stereocenters. The van der Waals surface area contributed by atoms with Crippen LogP contribution in [0, 0.1) is 0 Å². The second kappa shape index (κ2) is 13.7. The maximum Gasteiger partial charge on any atom is 0.338 e. The van der Waals surface area contributed by atoms with Crippen molar-refractivity contribution in [3.05, 3.63) is 71.3 Å². The third-order valence-electron chi connectivity index (χ3n) is 6.05. The Hall–Kier alpha value is -5.72. The maximum atomic E-state index is 13.2. The highest BCUT2D eigenvalue weighted by molar-refractivity contribution is 5.89. The first kappa shape index (κ1) is 32.2. The van der Waals surface area contributed by atoms with Gasteiger partial charge >= 0.3 is 35.8 Å². The molecule has 1 heterocycles. The molecule has 13 nitrogen and oxygen atoms in total. The molecule has 0 radical (unpaired) electrons. The van der Waals surface area contributed by atoms with Crippen LogP contribution < -0.4 is 28.4 Å². The van der Waals surface area contributed by atoms with Gasteiger partial charge in [0.05, 0.1) is 5.56 Å². The maximum absolute atomic E-state index is 13.2. The van der Waals surface area contributed by atoms with Crippen molar-refractivity contribution >= 4 is 35.8 Å². The van der Waals surface area contributed by atoms with E-state index in [2.05, 4.69) is 0 Å². The Morgan fingerprint density at radius 2 is 1.18 bits per heavy atom. The van der Waals surface area contributed by atoms with Crippen LogP contribution in [0.15, 0.2) is 54.6 Å². The Labute approximate surface area is 256 Å². The van der Waals surface area contributed by atoms with E-state index in [4.69, 9.17) is 33.2 Å². The first-order valence-corrected chi connectivity index (χ1v) is 13.5. The first-order valence-electron chi connectivity index (χ1n) is 13.5. The van der Waals surface area contributed by atoms with Gasteiger partial charge in [0.15, 0.2) is 17.6 Å². The molecule has 234 valence electrons. The minimum atomic E-state index is -1.18. The van der Waals surface area contributed by atoms with Crippen molar-refractivity contribution in [1.82, 2.24) is 0 Å². The molecule has 3 aromatic rings. The fourth-order valence-electron chi connectivity index (χ4n) is 4.53. The van der Waals surface area contributed by atoms with Gasteiger partial charge in [-0.2, -0.15) is 0 Å². The van der Waals surface area contributed by atoms with Crippen LogP contribution in [-0.4, -0.2) is 41.9 Å². The smallest absolute Gasteiger partial charge is 0.338 e. The van der Waals surface area contributed by atoms with Gasteiger partial charge in [-0.15, -0.1) is 0 Å². The number of esters is 6. The van der Waals surface area contributed by atoms with Crippen molar-refractivity contribution in [2.75, 3.05) is 0 Å². The molecule has 0 spiro atoms. The molecule has 0 amide bonds. The van der Waals surface area contributed by atoms with Crippen LogP contribution in [0.2, 0.25) is 0 Å². The molecule has 0 bridgehead atoms. The number of ether oxygens (including phenoxy) is 7. The summed E-state index contributed by atoms with van der Waals surface area (Å²) in [5.74, 6) is -5.20. The second-order valence-corrected chi connectivity index (χ2v) is 9.76. The van der Waals surface area contributed by atoms with Crippen molar-refractivity contribution in [3.8, 4) is 34.5 Å². The minimum Gasteiger partial charge on any atom is -0.481 e. The molecule has 1 aliphatic rings. The number of hydrogen-bond acceptors (Lipinski definition) is 13. The quantitative estimate of drug-likeness (QED) is 0.260. The predicted molar refractivity (Wildman–Crippen MR) is 152 cm³/mol. The van der Waals surface area contributed by atoms with E-state index >= 15 is 0 Å². The molecule has 45 heavy (non-hydrogen) atoms. The monoisotopic (exact) mass is 620 g/mol. The van der Waals surface area contributed by atoms with E-state index in [1.165, 1.54) is 38.1 Å². The molecule has 0 aliphatic carbocycles. The lowest BCUT2D eigenvalue weighted by Crippen LogP contribution is -2.35. The van der Waals surface area contributed by atoms with Crippen LogP contribution in [0.1, 0.15) is 62.2 Å². The van der Waals surface area contributed by atoms with Crippen LogP contribution in [0.4, 0.5) is 0 Å². The number of carbonyl (C=O) groups excluding carboxylic acids is 6. The van der Waals surface area contributed by atoms with Gasteiger partial charge in [0.2, 0.25) is 5.75 Å². The number of carbonyl (C=O) groups is 6. The number of fused-ring (bicyclic) bond motifs is 1. The molecule has 0 saturated carbocycles. The highest BCUT2D eigenvalue weighted by atomic mass is 16.6. The molecule has 4 rings (SSSR count). The number of benzene rings is 3. The largest absolute Gasteiger partial charge is 0.481 e. The number of hydrogen-bond donors (Lipinski definition) is 0. The van der Waals surface area contributed by atoms with E-state index in [1.54, 1.807) is 30.3 Å². The lowest BCUT2D eigenvalue weighted by Gasteiger charge is -2.34. The Morgan fingerprint density at radius 1 is 0.644 bits per heavy atom. The summed E-state index contributed by atoms with van der Waals surface area (Å²) in [6.07, 6.45) is -2.37. The molecule has 0 aromatic heterocycles. The highest BCUT2D eigenvalue weighted by Crippen LogP contribution is 2.47. The molecule has 0 fully saturated rings. The van der Waals surface area contributed by atoms with Crippen LogP contribution >= 0.6 is 0 Å². The lowest BCUT2D eigenvalue weighted by molar-refractivity contribution is -0.135. The summed E-state index contributed by atoms with van der Waals surface area (Å²) < 4.78 is 38.6. The fraction of sp³-hybridized carbons (Fsp3) is 0.250. The van der Waals surface area contributed by atoms with Gasteiger partial charge in [-0.25, -0.2) is 4.79 Å². The van der Waals surface area contributed by atoms with Crippen molar-refractivity contribution in [2.24, 2.45) is 0 Å². The van der Waals surface area contributed by atoms with Crippen LogP contribution in [0.25, 0.3) is 0 Å². The zero-order valence-corrected chi connectivity index (χ0v) is 24.9. The molecular formula is C32H28O13. The van der Waals surface area contributed by atoms with Crippen molar-refractivity contribution < 1.29 is 61.9 Å². The molecule has 13 heteroatoms. The van der Waals surface area contributed by atoms with E-state index < -0.39 is 48.0 Å².